The van der Waals surface area contributed by atoms with Crippen molar-refractivity contribution in [1.82, 2.24) is 15.0 Å². The van der Waals surface area contributed by atoms with Crippen LogP contribution < -0.4 is 15.5 Å². The molecule has 29 heavy (non-hydrogen) atoms. The molecule has 1 saturated heterocycles. The molecule has 0 spiro atoms. The molecule has 0 amide bonds. The maximum Gasteiger partial charge on any atom is 0.233 e. The highest BCUT2D eigenvalue weighted by molar-refractivity contribution is 5.60. The zero-order valence-electron chi connectivity index (χ0n) is 17.1. The normalized spacial score (nSPS) is 14.0. The molecule has 7 nitrogen and oxygen atoms in total. The molecule has 2 heterocycles. The minimum atomic E-state index is 0.511. The second-order valence-corrected chi connectivity index (χ2v) is 7.30. The molecule has 1 aromatic heterocycles. The van der Waals surface area contributed by atoms with Gasteiger partial charge in [0.25, 0.3) is 0 Å². The van der Waals surface area contributed by atoms with Crippen molar-refractivity contribution in [3.8, 4) is 0 Å². The van der Waals surface area contributed by atoms with Crippen LogP contribution in [0.3, 0.4) is 0 Å². The van der Waals surface area contributed by atoms with E-state index < -0.39 is 0 Å². The summed E-state index contributed by atoms with van der Waals surface area (Å²) in [7, 11) is 0. The van der Waals surface area contributed by atoms with Gasteiger partial charge in [-0.1, -0.05) is 23.8 Å². The lowest BCUT2D eigenvalue weighted by Gasteiger charge is -2.27. The molecule has 0 atom stereocenters. The van der Waals surface area contributed by atoms with E-state index in [1.807, 2.05) is 18.2 Å². The number of hydrogen-bond donors (Lipinski definition) is 2. The largest absolute Gasteiger partial charge is 0.378 e. The molecule has 1 aliphatic heterocycles. The number of hydrogen-bond acceptors (Lipinski definition) is 7. The zero-order chi connectivity index (χ0) is 20.2. The average molecular weight is 390 g/mol. The van der Waals surface area contributed by atoms with E-state index in [1.165, 1.54) is 16.7 Å². The summed E-state index contributed by atoms with van der Waals surface area (Å²) in [5.41, 5.74) is 5.56. The van der Waals surface area contributed by atoms with E-state index in [-0.39, 0.29) is 0 Å². The summed E-state index contributed by atoms with van der Waals surface area (Å²) in [4.78, 5) is 16.0. The third-order valence-corrected chi connectivity index (χ3v) is 4.99. The maximum atomic E-state index is 5.46. The molecule has 0 bridgehead atoms. The van der Waals surface area contributed by atoms with E-state index in [1.54, 1.807) is 0 Å². The van der Waals surface area contributed by atoms with Gasteiger partial charge >= 0.3 is 0 Å². The van der Waals surface area contributed by atoms with Crippen molar-refractivity contribution in [1.29, 1.82) is 0 Å². The molecule has 1 fully saturated rings. The van der Waals surface area contributed by atoms with Crippen LogP contribution in [0.2, 0.25) is 0 Å². The molecule has 0 saturated carbocycles. The molecule has 4 rings (SSSR count). The number of morpholine rings is 1. The first-order chi connectivity index (χ1) is 14.1. The highest BCUT2D eigenvalue weighted by atomic mass is 16.5. The third-order valence-electron chi connectivity index (χ3n) is 4.99. The Hall–Kier alpha value is -3.19. The van der Waals surface area contributed by atoms with E-state index >= 15 is 0 Å². The summed E-state index contributed by atoms with van der Waals surface area (Å²) in [6.45, 7) is 9.13. The van der Waals surface area contributed by atoms with Crippen molar-refractivity contribution in [3.63, 3.8) is 0 Å². The van der Waals surface area contributed by atoms with Crippen LogP contribution in [0.25, 0.3) is 0 Å². The lowest BCUT2D eigenvalue weighted by Crippen LogP contribution is -2.37. The summed E-state index contributed by atoms with van der Waals surface area (Å²) in [5.74, 6) is 1.67. The van der Waals surface area contributed by atoms with Gasteiger partial charge in [0.1, 0.15) is 0 Å². The number of ether oxygens (including phenoxy) is 1. The number of aryl methyl sites for hydroxylation is 3. The Balaban J connectivity index is 1.64. The SMILES string of the molecule is Cc1ccc(Nc2nc(Nc3ccc(C)c(C)c3)nc(N3CCOCC3)n2)cc1. The molecule has 150 valence electrons. The summed E-state index contributed by atoms with van der Waals surface area (Å²) in [6, 6.07) is 14.4. The number of benzene rings is 2. The monoisotopic (exact) mass is 390 g/mol. The topological polar surface area (TPSA) is 75.2 Å². The number of rotatable bonds is 5. The Labute approximate surface area is 171 Å². The summed E-state index contributed by atoms with van der Waals surface area (Å²) in [5, 5.41) is 6.62. The molecule has 0 aliphatic carbocycles. The van der Waals surface area contributed by atoms with E-state index in [2.05, 4.69) is 75.5 Å². The summed E-state index contributed by atoms with van der Waals surface area (Å²) in [6.07, 6.45) is 0. The molecule has 0 unspecified atom stereocenters. The first-order valence-electron chi connectivity index (χ1n) is 9.83. The molecule has 1 aliphatic rings. The lowest BCUT2D eigenvalue weighted by molar-refractivity contribution is 0.122. The minimum Gasteiger partial charge on any atom is -0.378 e. The fourth-order valence-electron chi connectivity index (χ4n) is 3.10. The van der Waals surface area contributed by atoms with Crippen LogP contribution >= 0.6 is 0 Å². The van der Waals surface area contributed by atoms with Gasteiger partial charge in [-0.05, 0) is 56.2 Å². The van der Waals surface area contributed by atoms with E-state index in [0.29, 0.717) is 31.1 Å². The van der Waals surface area contributed by atoms with Gasteiger partial charge in [-0.15, -0.1) is 0 Å². The number of nitrogens with one attached hydrogen (secondary N) is 2. The third kappa shape index (κ3) is 4.81. The minimum absolute atomic E-state index is 0.511. The van der Waals surface area contributed by atoms with Crippen LogP contribution in [0, 0.1) is 20.8 Å². The molecule has 2 N–H and O–H groups in total. The Morgan fingerprint density at radius 1 is 0.759 bits per heavy atom. The van der Waals surface area contributed by atoms with Gasteiger partial charge in [0.2, 0.25) is 17.8 Å². The number of nitrogens with zero attached hydrogens (tertiary/aromatic N) is 4. The highest BCUT2D eigenvalue weighted by Gasteiger charge is 2.17. The molecule has 0 radical (unpaired) electrons. The first kappa shape index (κ1) is 19.1. The lowest BCUT2D eigenvalue weighted by atomic mass is 10.1. The fraction of sp³-hybridized carbons (Fsp3) is 0.318. The van der Waals surface area contributed by atoms with Gasteiger partial charge in [-0.2, -0.15) is 15.0 Å². The van der Waals surface area contributed by atoms with Crippen LogP contribution in [0.4, 0.5) is 29.2 Å². The zero-order valence-corrected chi connectivity index (χ0v) is 17.1. The Morgan fingerprint density at radius 3 is 2.03 bits per heavy atom. The van der Waals surface area contributed by atoms with Gasteiger partial charge in [0, 0.05) is 24.5 Å². The maximum absolute atomic E-state index is 5.46. The van der Waals surface area contributed by atoms with Crippen LogP contribution in [-0.2, 0) is 4.74 Å². The van der Waals surface area contributed by atoms with Gasteiger partial charge in [0.15, 0.2) is 0 Å². The molecular weight excluding hydrogens is 364 g/mol. The molecular formula is C22H26N6O. The van der Waals surface area contributed by atoms with Gasteiger partial charge in [0.05, 0.1) is 13.2 Å². The van der Waals surface area contributed by atoms with Crippen molar-refractivity contribution >= 4 is 29.2 Å². The summed E-state index contributed by atoms with van der Waals surface area (Å²) < 4.78 is 5.46. The number of anilines is 5. The Morgan fingerprint density at radius 2 is 1.38 bits per heavy atom. The second-order valence-electron chi connectivity index (χ2n) is 7.30. The molecule has 3 aromatic rings. The van der Waals surface area contributed by atoms with Crippen LogP contribution in [0.1, 0.15) is 16.7 Å². The van der Waals surface area contributed by atoms with E-state index in [9.17, 15) is 0 Å². The van der Waals surface area contributed by atoms with Crippen LogP contribution in [0.5, 0.6) is 0 Å². The van der Waals surface area contributed by atoms with Gasteiger partial charge in [-0.3, -0.25) is 0 Å². The van der Waals surface area contributed by atoms with Gasteiger partial charge < -0.3 is 20.3 Å². The van der Waals surface area contributed by atoms with Crippen molar-refractivity contribution in [2.24, 2.45) is 0 Å². The molecule has 7 heteroatoms. The van der Waals surface area contributed by atoms with E-state index in [0.717, 1.165) is 24.5 Å². The standard InChI is InChI=1S/C22H26N6O/c1-15-4-7-18(8-5-15)23-20-25-21(24-19-9-6-16(2)17(3)14-19)27-22(26-20)28-10-12-29-13-11-28/h4-9,14H,10-13H2,1-3H3,(H2,23,24,25,26,27). The van der Waals surface area contributed by atoms with Gasteiger partial charge in [-0.25, -0.2) is 0 Å². The van der Waals surface area contributed by atoms with Crippen molar-refractivity contribution in [3.05, 3.63) is 59.2 Å². The predicted octanol–water partition coefficient (Wildman–Crippen LogP) is 4.12. The van der Waals surface area contributed by atoms with Crippen LogP contribution in [0.15, 0.2) is 42.5 Å². The van der Waals surface area contributed by atoms with Crippen molar-refractivity contribution < 1.29 is 4.74 Å². The number of aromatic nitrogens is 3. The fourth-order valence-corrected chi connectivity index (χ4v) is 3.10. The predicted molar refractivity (Wildman–Crippen MR) is 117 cm³/mol. The van der Waals surface area contributed by atoms with Crippen molar-refractivity contribution in [2.45, 2.75) is 20.8 Å². The Bertz CT molecular complexity index is 983. The average Bonchev–Trinajstić information content (AvgIpc) is 2.73. The van der Waals surface area contributed by atoms with E-state index in [4.69, 9.17) is 4.74 Å². The summed E-state index contributed by atoms with van der Waals surface area (Å²) >= 11 is 0. The van der Waals surface area contributed by atoms with Crippen LogP contribution in [-0.4, -0.2) is 41.3 Å². The quantitative estimate of drug-likeness (QED) is 0.679. The first-order valence-corrected chi connectivity index (χ1v) is 9.83. The smallest absolute Gasteiger partial charge is 0.233 e. The van der Waals surface area contributed by atoms with Crippen molar-refractivity contribution in [2.75, 3.05) is 41.8 Å². The second kappa shape index (κ2) is 8.45. The molecule has 2 aromatic carbocycles. The highest BCUT2D eigenvalue weighted by Crippen LogP contribution is 2.22. The Kier molecular flexibility index (Phi) is 5.57.